The second-order valence-corrected chi connectivity index (χ2v) is 3.08. The first kappa shape index (κ1) is 11.4. The summed E-state index contributed by atoms with van der Waals surface area (Å²) in [5, 5.41) is 2.61. The molecule has 1 aromatic rings. The SMILES string of the molecule is C#CC(C)Nc1ccccc1C(F)(F)F. The van der Waals surface area contributed by atoms with E-state index in [1.54, 1.807) is 6.92 Å². The first-order valence-corrected chi connectivity index (χ1v) is 4.34. The smallest absolute Gasteiger partial charge is 0.371 e. The fourth-order valence-corrected chi connectivity index (χ4v) is 1.13. The van der Waals surface area contributed by atoms with Crippen LogP contribution in [0.2, 0.25) is 0 Å². The molecular weight excluding hydrogens is 203 g/mol. The van der Waals surface area contributed by atoms with Crippen molar-refractivity contribution in [1.82, 2.24) is 0 Å². The van der Waals surface area contributed by atoms with Gasteiger partial charge in [0.05, 0.1) is 11.6 Å². The Morgan fingerprint density at radius 1 is 1.33 bits per heavy atom. The maximum Gasteiger partial charge on any atom is 0.418 e. The molecule has 1 N–H and O–H groups in total. The Morgan fingerprint density at radius 3 is 2.47 bits per heavy atom. The molecule has 0 spiro atoms. The topological polar surface area (TPSA) is 12.0 Å². The van der Waals surface area contributed by atoms with E-state index in [4.69, 9.17) is 6.42 Å². The molecule has 4 heteroatoms. The molecule has 80 valence electrons. The van der Waals surface area contributed by atoms with Crippen LogP contribution in [0, 0.1) is 12.3 Å². The molecule has 0 fully saturated rings. The zero-order chi connectivity index (χ0) is 11.5. The Hall–Kier alpha value is -1.63. The van der Waals surface area contributed by atoms with E-state index in [-0.39, 0.29) is 5.69 Å². The van der Waals surface area contributed by atoms with Gasteiger partial charge in [-0.3, -0.25) is 0 Å². The van der Waals surface area contributed by atoms with Gasteiger partial charge in [0.25, 0.3) is 0 Å². The average molecular weight is 213 g/mol. The number of hydrogen-bond acceptors (Lipinski definition) is 1. The van der Waals surface area contributed by atoms with E-state index in [9.17, 15) is 13.2 Å². The van der Waals surface area contributed by atoms with Gasteiger partial charge in [0, 0.05) is 5.69 Å². The minimum Gasteiger partial charge on any atom is -0.371 e. The minimum absolute atomic E-state index is 0.00968. The van der Waals surface area contributed by atoms with Crippen LogP contribution in [0.25, 0.3) is 0 Å². The van der Waals surface area contributed by atoms with E-state index in [0.717, 1.165) is 6.07 Å². The molecule has 0 amide bonds. The van der Waals surface area contributed by atoms with Gasteiger partial charge in [-0.2, -0.15) is 13.2 Å². The van der Waals surface area contributed by atoms with Crippen LogP contribution in [0.3, 0.4) is 0 Å². The lowest BCUT2D eigenvalue weighted by Crippen LogP contribution is -2.16. The molecule has 0 heterocycles. The molecule has 1 aromatic carbocycles. The Kier molecular flexibility index (Phi) is 3.25. The largest absolute Gasteiger partial charge is 0.418 e. The van der Waals surface area contributed by atoms with Gasteiger partial charge in [0.2, 0.25) is 0 Å². The Labute approximate surface area is 86.3 Å². The first-order valence-electron chi connectivity index (χ1n) is 4.34. The normalized spacial score (nSPS) is 13.0. The average Bonchev–Trinajstić information content (AvgIpc) is 2.17. The third-order valence-corrected chi connectivity index (χ3v) is 1.85. The summed E-state index contributed by atoms with van der Waals surface area (Å²) in [4.78, 5) is 0. The minimum atomic E-state index is -4.36. The number of para-hydroxylation sites is 1. The third kappa shape index (κ3) is 2.91. The molecule has 15 heavy (non-hydrogen) atoms. The number of alkyl halides is 3. The predicted molar refractivity (Wildman–Crippen MR) is 53.4 cm³/mol. The van der Waals surface area contributed by atoms with E-state index in [1.807, 2.05) is 0 Å². The number of benzene rings is 1. The van der Waals surface area contributed by atoms with Gasteiger partial charge in [0.15, 0.2) is 0 Å². The number of hydrogen-bond donors (Lipinski definition) is 1. The summed E-state index contributed by atoms with van der Waals surface area (Å²) in [7, 11) is 0. The van der Waals surface area contributed by atoms with Crippen molar-refractivity contribution in [2.75, 3.05) is 5.32 Å². The molecule has 0 radical (unpaired) electrons. The lowest BCUT2D eigenvalue weighted by molar-refractivity contribution is -0.136. The molecule has 1 rings (SSSR count). The van der Waals surface area contributed by atoms with E-state index in [1.165, 1.54) is 18.2 Å². The summed E-state index contributed by atoms with van der Waals surface area (Å²) in [5.41, 5.74) is -0.692. The van der Waals surface area contributed by atoms with Crippen LogP contribution in [0.15, 0.2) is 24.3 Å². The zero-order valence-electron chi connectivity index (χ0n) is 8.10. The number of halogens is 3. The van der Waals surface area contributed by atoms with E-state index < -0.39 is 17.8 Å². The van der Waals surface area contributed by atoms with Crippen LogP contribution >= 0.6 is 0 Å². The summed E-state index contributed by atoms with van der Waals surface area (Å²) >= 11 is 0. The van der Waals surface area contributed by atoms with Gasteiger partial charge in [-0.15, -0.1) is 6.42 Å². The lowest BCUT2D eigenvalue weighted by atomic mass is 10.1. The van der Waals surface area contributed by atoms with Crippen molar-refractivity contribution < 1.29 is 13.2 Å². The quantitative estimate of drug-likeness (QED) is 0.744. The second-order valence-electron chi connectivity index (χ2n) is 3.08. The molecule has 0 aliphatic heterocycles. The molecule has 0 aromatic heterocycles. The fraction of sp³-hybridized carbons (Fsp3) is 0.273. The lowest BCUT2D eigenvalue weighted by Gasteiger charge is -2.15. The van der Waals surface area contributed by atoms with E-state index >= 15 is 0 Å². The molecule has 1 atom stereocenters. The number of terminal acetylenes is 1. The van der Waals surface area contributed by atoms with Gasteiger partial charge >= 0.3 is 6.18 Å². The highest BCUT2D eigenvalue weighted by Gasteiger charge is 2.33. The van der Waals surface area contributed by atoms with Gasteiger partial charge in [0.1, 0.15) is 0 Å². The maximum absolute atomic E-state index is 12.5. The van der Waals surface area contributed by atoms with Crippen LogP contribution in [0.5, 0.6) is 0 Å². The number of anilines is 1. The van der Waals surface area contributed by atoms with E-state index in [0.29, 0.717) is 0 Å². The fourth-order valence-electron chi connectivity index (χ4n) is 1.13. The van der Waals surface area contributed by atoms with Crippen molar-refractivity contribution >= 4 is 5.69 Å². The molecule has 0 aliphatic carbocycles. The van der Waals surface area contributed by atoms with Crippen LogP contribution in [-0.2, 0) is 6.18 Å². The highest BCUT2D eigenvalue weighted by molar-refractivity contribution is 5.54. The van der Waals surface area contributed by atoms with Gasteiger partial charge in [-0.25, -0.2) is 0 Å². The van der Waals surface area contributed by atoms with Crippen molar-refractivity contribution in [3.8, 4) is 12.3 Å². The number of nitrogens with one attached hydrogen (secondary N) is 1. The van der Waals surface area contributed by atoms with Crippen LogP contribution in [0.1, 0.15) is 12.5 Å². The van der Waals surface area contributed by atoms with Crippen LogP contribution in [-0.4, -0.2) is 6.04 Å². The van der Waals surface area contributed by atoms with Gasteiger partial charge < -0.3 is 5.32 Å². The van der Waals surface area contributed by atoms with Crippen molar-refractivity contribution in [3.05, 3.63) is 29.8 Å². The van der Waals surface area contributed by atoms with Crippen molar-refractivity contribution in [2.45, 2.75) is 19.1 Å². The highest BCUT2D eigenvalue weighted by Crippen LogP contribution is 2.34. The maximum atomic E-state index is 12.5. The molecule has 0 bridgehead atoms. The molecule has 0 saturated heterocycles. The summed E-state index contributed by atoms with van der Waals surface area (Å²) in [5.74, 6) is 2.31. The van der Waals surface area contributed by atoms with Crippen molar-refractivity contribution in [1.29, 1.82) is 0 Å². The summed E-state index contributed by atoms with van der Waals surface area (Å²) in [6, 6.07) is 4.81. The molecular formula is C11H10F3N. The molecule has 1 nitrogen and oxygen atoms in total. The molecule has 0 aliphatic rings. The Bertz CT molecular complexity index is 376. The van der Waals surface area contributed by atoms with Crippen LogP contribution < -0.4 is 5.32 Å². The monoisotopic (exact) mass is 213 g/mol. The number of rotatable bonds is 2. The van der Waals surface area contributed by atoms with Crippen LogP contribution in [0.4, 0.5) is 18.9 Å². The third-order valence-electron chi connectivity index (χ3n) is 1.85. The standard InChI is InChI=1S/C11H10F3N/c1-3-8(2)15-10-7-5-4-6-9(10)11(12,13)14/h1,4-8,15H,2H3. The van der Waals surface area contributed by atoms with Crippen molar-refractivity contribution in [2.24, 2.45) is 0 Å². The summed E-state index contributed by atoms with van der Waals surface area (Å²) < 4.78 is 37.5. The van der Waals surface area contributed by atoms with Gasteiger partial charge in [-0.05, 0) is 19.1 Å². The zero-order valence-corrected chi connectivity index (χ0v) is 8.10. The Morgan fingerprint density at radius 2 is 1.93 bits per heavy atom. The second kappa shape index (κ2) is 4.26. The van der Waals surface area contributed by atoms with E-state index in [2.05, 4.69) is 11.2 Å². The van der Waals surface area contributed by atoms with Crippen molar-refractivity contribution in [3.63, 3.8) is 0 Å². The van der Waals surface area contributed by atoms with Gasteiger partial charge in [-0.1, -0.05) is 18.1 Å². The Balaban J connectivity index is 3.03. The summed E-state index contributed by atoms with van der Waals surface area (Å²) in [6.45, 7) is 1.62. The first-order chi connectivity index (χ1) is 6.95. The highest BCUT2D eigenvalue weighted by atomic mass is 19.4. The molecule has 1 unspecified atom stereocenters. The predicted octanol–water partition coefficient (Wildman–Crippen LogP) is 3.14. The molecule has 0 saturated carbocycles. The summed E-state index contributed by atoms with van der Waals surface area (Å²) in [6.07, 6.45) is 0.722.